The number of aromatic nitrogens is 1. The third kappa shape index (κ3) is 2.53. The van der Waals surface area contributed by atoms with Gasteiger partial charge in [-0.2, -0.15) is 4.37 Å². The van der Waals surface area contributed by atoms with E-state index in [0.29, 0.717) is 12.1 Å². The van der Waals surface area contributed by atoms with Crippen molar-refractivity contribution >= 4 is 21.6 Å². The molecular formula is C15H20N2OS. The van der Waals surface area contributed by atoms with E-state index >= 15 is 0 Å². The number of aliphatic hydroxyl groups is 1. The second kappa shape index (κ2) is 5.19. The maximum Gasteiger partial charge on any atom is 0.0761 e. The van der Waals surface area contributed by atoms with Gasteiger partial charge in [-0.15, -0.1) is 0 Å². The Morgan fingerprint density at radius 3 is 2.68 bits per heavy atom. The second-order valence-electron chi connectivity index (χ2n) is 5.62. The molecule has 1 aromatic heterocycles. The summed E-state index contributed by atoms with van der Waals surface area (Å²) in [5.74, 6) is 0. The summed E-state index contributed by atoms with van der Waals surface area (Å²) in [7, 11) is 0. The maximum absolute atomic E-state index is 9.83. The van der Waals surface area contributed by atoms with Crippen molar-refractivity contribution in [1.29, 1.82) is 0 Å². The molecule has 0 radical (unpaired) electrons. The highest BCUT2D eigenvalue weighted by atomic mass is 32.1. The van der Waals surface area contributed by atoms with Crippen LogP contribution in [0.2, 0.25) is 0 Å². The first-order valence-electron chi connectivity index (χ1n) is 6.92. The van der Waals surface area contributed by atoms with Gasteiger partial charge in [-0.25, -0.2) is 0 Å². The third-order valence-corrected chi connectivity index (χ3v) is 5.01. The molecule has 1 aromatic carbocycles. The molecule has 4 heteroatoms. The largest absolute Gasteiger partial charge is 0.393 e. The van der Waals surface area contributed by atoms with Crippen LogP contribution >= 0.6 is 11.5 Å². The summed E-state index contributed by atoms with van der Waals surface area (Å²) in [6.07, 6.45) is 1.59. The summed E-state index contributed by atoms with van der Waals surface area (Å²) >= 11 is 1.58. The van der Waals surface area contributed by atoms with Gasteiger partial charge in [0.1, 0.15) is 0 Å². The van der Waals surface area contributed by atoms with E-state index in [1.165, 1.54) is 15.8 Å². The van der Waals surface area contributed by atoms with E-state index < -0.39 is 0 Å². The van der Waals surface area contributed by atoms with Crippen LogP contribution in [0.4, 0.5) is 0 Å². The van der Waals surface area contributed by atoms with Crippen molar-refractivity contribution in [3.05, 3.63) is 30.0 Å². The van der Waals surface area contributed by atoms with Gasteiger partial charge in [-0.1, -0.05) is 18.2 Å². The highest BCUT2D eigenvalue weighted by Gasteiger charge is 2.30. The van der Waals surface area contributed by atoms with Gasteiger partial charge in [-0.3, -0.25) is 4.90 Å². The Labute approximate surface area is 118 Å². The molecule has 3 atom stereocenters. The molecule has 1 N–H and O–H groups in total. The van der Waals surface area contributed by atoms with E-state index in [-0.39, 0.29) is 6.10 Å². The molecule has 0 amide bonds. The summed E-state index contributed by atoms with van der Waals surface area (Å²) < 4.78 is 5.87. The summed E-state index contributed by atoms with van der Waals surface area (Å²) in [6, 6.07) is 9.25. The van der Waals surface area contributed by atoms with Crippen LogP contribution in [0.25, 0.3) is 10.1 Å². The summed E-state index contributed by atoms with van der Waals surface area (Å²) in [6.45, 7) is 5.29. The average molecular weight is 276 g/mol. The van der Waals surface area contributed by atoms with Crippen molar-refractivity contribution in [3.63, 3.8) is 0 Å². The fourth-order valence-corrected chi connectivity index (χ4v) is 3.91. The SMILES string of the molecule is C[C@@H]1CC(O)C[C@H](C)N1Cc1nsc2ccccc12. The fourth-order valence-electron chi connectivity index (χ4n) is 3.13. The summed E-state index contributed by atoms with van der Waals surface area (Å²) in [5, 5.41) is 11.1. The van der Waals surface area contributed by atoms with Crippen LogP contribution in [0.5, 0.6) is 0 Å². The quantitative estimate of drug-likeness (QED) is 0.916. The molecule has 1 aliphatic rings. The predicted octanol–water partition coefficient (Wildman–Crippen LogP) is 3.03. The molecule has 102 valence electrons. The highest BCUT2D eigenvalue weighted by molar-refractivity contribution is 7.13. The standard InChI is InChI=1S/C15H20N2OS/c1-10-7-12(18)8-11(2)17(10)9-14-13-5-3-4-6-15(13)19-16-14/h3-6,10-12,18H,7-9H2,1-2H3/t10-,11+,12?. The van der Waals surface area contributed by atoms with Crippen molar-refractivity contribution in [3.8, 4) is 0 Å². The molecule has 1 aliphatic heterocycles. The molecule has 3 nitrogen and oxygen atoms in total. The van der Waals surface area contributed by atoms with Crippen LogP contribution in [0.1, 0.15) is 32.4 Å². The lowest BCUT2D eigenvalue weighted by Gasteiger charge is -2.40. The van der Waals surface area contributed by atoms with Crippen LogP contribution < -0.4 is 0 Å². The molecule has 3 rings (SSSR count). The minimum Gasteiger partial charge on any atom is -0.393 e. The summed E-state index contributed by atoms with van der Waals surface area (Å²) in [5.41, 5.74) is 1.18. The van der Waals surface area contributed by atoms with E-state index in [1.807, 2.05) is 0 Å². The lowest BCUT2D eigenvalue weighted by molar-refractivity contribution is 0.00835. The minimum absolute atomic E-state index is 0.145. The van der Waals surface area contributed by atoms with Gasteiger partial charge in [-0.05, 0) is 44.3 Å². The molecule has 1 unspecified atom stereocenters. The Morgan fingerprint density at radius 2 is 1.95 bits per heavy atom. The number of fused-ring (bicyclic) bond motifs is 1. The second-order valence-corrected chi connectivity index (χ2v) is 6.43. The van der Waals surface area contributed by atoms with Crippen molar-refractivity contribution in [2.24, 2.45) is 0 Å². The van der Waals surface area contributed by atoms with Gasteiger partial charge in [0.15, 0.2) is 0 Å². The lowest BCUT2D eigenvalue weighted by Crippen LogP contribution is -2.47. The number of likely N-dealkylation sites (tertiary alicyclic amines) is 1. The fraction of sp³-hybridized carbons (Fsp3) is 0.533. The van der Waals surface area contributed by atoms with Crippen LogP contribution in [0, 0.1) is 0 Å². The monoisotopic (exact) mass is 276 g/mol. The number of nitrogens with zero attached hydrogens (tertiary/aromatic N) is 2. The van der Waals surface area contributed by atoms with Gasteiger partial charge in [0.05, 0.1) is 16.5 Å². The van der Waals surface area contributed by atoms with Crippen LogP contribution in [-0.4, -0.2) is 32.6 Å². The zero-order chi connectivity index (χ0) is 13.4. The van der Waals surface area contributed by atoms with Crippen LogP contribution in [-0.2, 0) is 6.54 Å². The molecule has 2 heterocycles. The lowest BCUT2D eigenvalue weighted by atomic mass is 9.94. The molecule has 1 saturated heterocycles. The molecule has 0 spiro atoms. The number of rotatable bonds is 2. The first-order valence-corrected chi connectivity index (χ1v) is 7.69. The number of hydrogen-bond donors (Lipinski definition) is 1. The van der Waals surface area contributed by atoms with E-state index in [1.54, 1.807) is 11.5 Å². The Bertz CT molecular complexity index is 556. The van der Waals surface area contributed by atoms with Crippen molar-refractivity contribution in [2.45, 2.75) is 51.4 Å². The van der Waals surface area contributed by atoms with E-state index in [2.05, 4.69) is 47.4 Å². The molecular weight excluding hydrogens is 256 g/mol. The number of hydrogen-bond acceptors (Lipinski definition) is 4. The topological polar surface area (TPSA) is 36.4 Å². The zero-order valence-corrected chi connectivity index (χ0v) is 12.2. The van der Waals surface area contributed by atoms with Gasteiger partial charge >= 0.3 is 0 Å². The Balaban J connectivity index is 1.84. The molecule has 2 aromatic rings. The van der Waals surface area contributed by atoms with Crippen molar-refractivity contribution in [1.82, 2.24) is 9.27 Å². The number of piperidine rings is 1. The minimum atomic E-state index is -0.145. The van der Waals surface area contributed by atoms with Gasteiger partial charge in [0.25, 0.3) is 0 Å². The van der Waals surface area contributed by atoms with Gasteiger partial charge in [0, 0.05) is 24.0 Å². The number of benzene rings is 1. The van der Waals surface area contributed by atoms with E-state index in [0.717, 1.165) is 19.4 Å². The smallest absolute Gasteiger partial charge is 0.0761 e. The molecule has 0 bridgehead atoms. The first kappa shape index (κ1) is 13.0. The third-order valence-electron chi connectivity index (χ3n) is 4.14. The Morgan fingerprint density at radius 1 is 1.26 bits per heavy atom. The first-order chi connectivity index (χ1) is 9.15. The van der Waals surface area contributed by atoms with Crippen LogP contribution in [0.3, 0.4) is 0 Å². The Hall–Kier alpha value is -0.970. The molecule has 0 aliphatic carbocycles. The Kier molecular flexibility index (Phi) is 3.56. The normalized spacial score (nSPS) is 28.9. The van der Waals surface area contributed by atoms with Gasteiger partial charge in [0.2, 0.25) is 0 Å². The van der Waals surface area contributed by atoms with E-state index in [9.17, 15) is 5.11 Å². The van der Waals surface area contributed by atoms with Crippen LogP contribution in [0.15, 0.2) is 24.3 Å². The number of aliphatic hydroxyl groups excluding tert-OH is 1. The van der Waals surface area contributed by atoms with Crippen molar-refractivity contribution < 1.29 is 5.11 Å². The molecule has 1 fully saturated rings. The zero-order valence-electron chi connectivity index (χ0n) is 11.4. The van der Waals surface area contributed by atoms with Crippen molar-refractivity contribution in [2.75, 3.05) is 0 Å². The highest BCUT2D eigenvalue weighted by Crippen LogP contribution is 2.28. The summed E-state index contributed by atoms with van der Waals surface area (Å²) in [4.78, 5) is 2.47. The predicted molar refractivity (Wildman–Crippen MR) is 79.3 cm³/mol. The average Bonchev–Trinajstić information content (AvgIpc) is 2.77. The maximum atomic E-state index is 9.83. The van der Waals surface area contributed by atoms with Gasteiger partial charge < -0.3 is 5.11 Å². The molecule has 19 heavy (non-hydrogen) atoms. The molecule has 0 saturated carbocycles. The van der Waals surface area contributed by atoms with E-state index in [4.69, 9.17) is 0 Å².